The third-order valence-corrected chi connectivity index (χ3v) is 5.33. The van der Waals surface area contributed by atoms with Crippen LogP contribution in [0.5, 0.6) is 0 Å². The zero-order valence-electron chi connectivity index (χ0n) is 15.0. The monoisotopic (exact) mass is 434 g/mol. The molecule has 4 N–H and O–H groups in total. The van der Waals surface area contributed by atoms with E-state index in [1.165, 1.54) is 0 Å². The van der Waals surface area contributed by atoms with Crippen LogP contribution in [0.3, 0.4) is 0 Å². The van der Waals surface area contributed by atoms with E-state index in [4.69, 9.17) is 32.7 Å². The van der Waals surface area contributed by atoms with Crippen LogP contribution in [0.25, 0.3) is 11.5 Å². The molecule has 0 saturated heterocycles. The highest BCUT2D eigenvalue weighted by Crippen LogP contribution is 2.31. The molecular formula is C19H16Cl2N4O4. The zero-order valence-corrected chi connectivity index (χ0v) is 16.5. The van der Waals surface area contributed by atoms with Crippen molar-refractivity contribution in [3.05, 3.63) is 57.4 Å². The number of carbonyl (C=O) groups excluding carboxylic acids is 1. The van der Waals surface area contributed by atoms with Crippen molar-refractivity contribution in [3.8, 4) is 11.5 Å². The molecule has 0 spiro atoms. The van der Waals surface area contributed by atoms with E-state index in [-0.39, 0.29) is 22.0 Å². The smallest absolute Gasteiger partial charge is 0.404 e. The number of aryl methyl sites for hydroxylation is 1. The molecule has 1 atom stereocenters. The minimum atomic E-state index is -1.02. The number of fused-ring (bicyclic) bond motifs is 1. The number of carbonyl (C=O) groups is 2. The van der Waals surface area contributed by atoms with Gasteiger partial charge in [-0.1, -0.05) is 17.7 Å². The van der Waals surface area contributed by atoms with Gasteiger partial charge < -0.3 is 20.2 Å². The lowest BCUT2D eigenvalue weighted by Gasteiger charge is -2.25. The van der Waals surface area contributed by atoms with Crippen LogP contribution in [-0.2, 0) is 12.8 Å². The second-order valence-electron chi connectivity index (χ2n) is 6.69. The first kappa shape index (κ1) is 19.4. The molecule has 1 unspecified atom stereocenters. The average Bonchev–Trinajstić information content (AvgIpc) is 3.26. The maximum absolute atomic E-state index is 12.6. The molecule has 2 aromatic heterocycles. The summed E-state index contributed by atoms with van der Waals surface area (Å²) in [6, 6.07) is 8.63. The fraction of sp³-hybridized carbons (Fsp3) is 0.211. The molecule has 29 heavy (non-hydrogen) atoms. The predicted octanol–water partition coefficient (Wildman–Crippen LogP) is 4.35. The van der Waals surface area contributed by atoms with Crippen LogP contribution < -0.4 is 10.6 Å². The van der Waals surface area contributed by atoms with Gasteiger partial charge in [0, 0.05) is 11.7 Å². The number of hydrogen-bond donors (Lipinski definition) is 4. The molecule has 4 rings (SSSR count). The Morgan fingerprint density at radius 1 is 1.21 bits per heavy atom. The quantitative estimate of drug-likeness (QED) is 0.486. The predicted molar refractivity (Wildman–Crippen MR) is 108 cm³/mol. The third-order valence-electron chi connectivity index (χ3n) is 4.76. The number of aromatic amines is 1. The van der Waals surface area contributed by atoms with E-state index in [9.17, 15) is 9.59 Å². The van der Waals surface area contributed by atoms with Gasteiger partial charge in [-0.15, -0.1) is 0 Å². The Morgan fingerprint density at radius 3 is 2.76 bits per heavy atom. The lowest BCUT2D eigenvalue weighted by atomic mass is 9.88. The van der Waals surface area contributed by atoms with E-state index in [0.29, 0.717) is 30.0 Å². The maximum atomic E-state index is 12.6. The van der Waals surface area contributed by atoms with Gasteiger partial charge in [0.2, 0.25) is 0 Å². The van der Waals surface area contributed by atoms with Gasteiger partial charge in [0.25, 0.3) is 5.91 Å². The van der Waals surface area contributed by atoms with Gasteiger partial charge in [0.1, 0.15) is 16.4 Å². The standard InChI is InChI=1S/C19H16Cl2N4O4/c20-14-6-5-13(29-14)16-15(21)17(25-24-16)18(26)22-11-3-1-10-8-12(23-19(27)28)4-2-9(10)7-11/h1,3,5-7,12,23H,2,4,8H2,(H,22,26)(H,24,25)(H,27,28). The molecule has 8 nitrogen and oxygen atoms in total. The number of amides is 2. The van der Waals surface area contributed by atoms with Crippen LogP contribution in [-0.4, -0.2) is 33.3 Å². The Hall–Kier alpha value is -2.97. The van der Waals surface area contributed by atoms with Gasteiger partial charge in [-0.25, -0.2) is 4.79 Å². The Labute approximate surface area is 175 Å². The molecule has 0 radical (unpaired) electrons. The highest BCUT2D eigenvalue weighted by atomic mass is 35.5. The van der Waals surface area contributed by atoms with Crippen LogP contribution >= 0.6 is 23.2 Å². The number of nitrogens with one attached hydrogen (secondary N) is 3. The van der Waals surface area contributed by atoms with Gasteiger partial charge in [0.15, 0.2) is 11.0 Å². The fourth-order valence-electron chi connectivity index (χ4n) is 3.41. The van der Waals surface area contributed by atoms with E-state index in [0.717, 1.165) is 17.5 Å². The first-order valence-electron chi connectivity index (χ1n) is 8.83. The van der Waals surface area contributed by atoms with Gasteiger partial charge >= 0.3 is 6.09 Å². The number of H-pyrrole nitrogens is 1. The number of benzene rings is 1. The molecule has 10 heteroatoms. The Bertz CT molecular complexity index is 1090. The summed E-state index contributed by atoms with van der Waals surface area (Å²) in [5.41, 5.74) is 3.16. The number of nitrogens with zero attached hydrogens (tertiary/aromatic N) is 1. The van der Waals surface area contributed by atoms with Crippen LogP contribution in [0.2, 0.25) is 10.2 Å². The Morgan fingerprint density at radius 2 is 2.03 bits per heavy atom. The number of furan rings is 1. The largest absolute Gasteiger partial charge is 0.465 e. The summed E-state index contributed by atoms with van der Waals surface area (Å²) in [4.78, 5) is 23.4. The van der Waals surface area contributed by atoms with Crippen molar-refractivity contribution in [2.24, 2.45) is 0 Å². The van der Waals surface area contributed by atoms with Crippen LogP contribution in [0.4, 0.5) is 10.5 Å². The number of carboxylic acid groups (broad SMARTS) is 1. The molecule has 2 heterocycles. The molecule has 3 aromatic rings. The molecule has 0 saturated carbocycles. The first-order valence-corrected chi connectivity index (χ1v) is 9.58. The Balaban J connectivity index is 1.48. The normalized spacial score (nSPS) is 15.6. The average molecular weight is 435 g/mol. The van der Waals surface area contributed by atoms with Gasteiger partial charge in [0.05, 0.1) is 0 Å². The van der Waals surface area contributed by atoms with E-state index < -0.39 is 12.0 Å². The molecule has 0 bridgehead atoms. The third kappa shape index (κ3) is 4.08. The minimum absolute atomic E-state index is 0.0993. The van der Waals surface area contributed by atoms with Gasteiger partial charge in [-0.2, -0.15) is 5.10 Å². The van der Waals surface area contributed by atoms with Crippen LogP contribution in [0.1, 0.15) is 28.0 Å². The molecular weight excluding hydrogens is 419 g/mol. The lowest BCUT2D eigenvalue weighted by Crippen LogP contribution is -2.37. The molecule has 1 aliphatic carbocycles. The molecule has 1 aliphatic rings. The van der Waals surface area contributed by atoms with E-state index in [2.05, 4.69) is 20.8 Å². The summed E-state index contributed by atoms with van der Waals surface area (Å²) in [5.74, 6) is -0.0822. The second-order valence-corrected chi connectivity index (χ2v) is 7.44. The number of halogens is 2. The summed E-state index contributed by atoms with van der Waals surface area (Å²) >= 11 is 12.1. The SMILES string of the molecule is O=C(O)NC1CCc2cc(NC(=O)c3[nH]nc(-c4ccc(Cl)o4)c3Cl)ccc2C1. The second kappa shape index (κ2) is 7.81. The molecule has 0 aliphatic heterocycles. The minimum Gasteiger partial charge on any atom is -0.465 e. The van der Waals surface area contributed by atoms with E-state index in [1.807, 2.05) is 12.1 Å². The number of anilines is 1. The van der Waals surface area contributed by atoms with Crippen molar-refractivity contribution in [1.82, 2.24) is 15.5 Å². The van der Waals surface area contributed by atoms with Crippen molar-refractivity contribution in [2.75, 3.05) is 5.32 Å². The van der Waals surface area contributed by atoms with Crippen molar-refractivity contribution in [2.45, 2.75) is 25.3 Å². The molecule has 1 aromatic carbocycles. The van der Waals surface area contributed by atoms with Gasteiger partial charge in [-0.3, -0.25) is 9.89 Å². The molecule has 0 fully saturated rings. The number of aromatic nitrogens is 2. The highest BCUT2D eigenvalue weighted by molar-refractivity contribution is 6.36. The molecule has 2 amide bonds. The van der Waals surface area contributed by atoms with Crippen molar-refractivity contribution in [3.63, 3.8) is 0 Å². The van der Waals surface area contributed by atoms with Crippen molar-refractivity contribution in [1.29, 1.82) is 0 Å². The Kier molecular flexibility index (Phi) is 5.21. The lowest BCUT2D eigenvalue weighted by molar-refractivity contribution is 0.102. The topological polar surface area (TPSA) is 120 Å². The van der Waals surface area contributed by atoms with Crippen LogP contribution in [0.15, 0.2) is 34.7 Å². The van der Waals surface area contributed by atoms with E-state index >= 15 is 0 Å². The number of hydrogen-bond acceptors (Lipinski definition) is 4. The summed E-state index contributed by atoms with van der Waals surface area (Å²) in [6.45, 7) is 0. The van der Waals surface area contributed by atoms with Crippen LogP contribution in [0, 0.1) is 0 Å². The highest BCUT2D eigenvalue weighted by Gasteiger charge is 2.23. The summed E-state index contributed by atoms with van der Waals surface area (Å²) in [7, 11) is 0. The van der Waals surface area contributed by atoms with Crippen molar-refractivity contribution < 1.29 is 19.1 Å². The van der Waals surface area contributed by atoms with Crippen molar-refractivity contribution >= 4 is 40.9 Å². The maximum Gasteiger partial charge on any atom is 0.404 e. The summed E-state index contributed by atoms with van der Waals surface area (Å²) < 4.78 is 5.28. The fourth-order valence-corrected chi connectivity index (χ4v) is 3.82. The zero-order chi connectivity index (χ0) is 20.5. The van der Waals surface area contributed by atoms with E-state index in [1.54, 1.807) is 18.2 Å². The molecule has 150 valence electrons. The number of rotatable bonds is 4. The van der Waals surface area contributed by atoms with Gasteiger partial charge in [-0.05, 0) is 66.3 Å². The summed E-state index contributed by atoms with van der Waals surface area (Å²) in [5, 5.41) is 21.2. The first-order chi connectivity index (χ1) is 13.9. The summed E-state index contributed by atoms with van der Waals surface area (Å²) in [6.07, 6.45) is 1.03.